The molecule has 0 saturated carbocycles. The Morgan fingerprint density at radius 2 is 1.77 bits per heavy atom. The van der Waals surface area contributed by atoms with Crippen molar-refractivity contribution in [1.82, 2.24) is 30.8 Å². The highest BCUT2D eigenvalue weighted by Crippen LogP contribution is 2.20. The van der Waals surface area contributed by atoms with Gasteiger partial charge in [-0.15, -0.1) is 0 Å². The number of carbonyl (C=O) groups excluding carboxylic acids is 4. The second kappa shape index (κ2) is 14.9. The van der Waals surface area contributed by atoms with E-state index in [9.17, 15) is 39.0 Å². The molecule has 0 bridgehead atoms. The Hall–Kier alpha value is -4.05. The number of nitrogens with two attached hydrogens (primary N) is 1. The molecule has 1 aliphatic heterocycles. The molecule has 9 N–H and O–H groups in total. The first-order valence-corrected chi connectivity index (χ1v) is 12.9. The van der Waals surface area contributed by atoms with Gasteiger partial charge in [0.1, 0.15) is 24.2 Å². The maximum atomic E-state index is 13.6. The maximum absolute atomic E-state index is 13.6. The molecule has 1 saturated heterocycles. The van der Waals surface area contributed by atoms with Crippen molar-refractivity contribution in [3.63, 3.8) is 0 Å². The first-order valence-electron chi connectivity index (χ1n) is 12.9. The summed E-state index contributed by atoms with van der Waals surface area (Å²) in [5.74, 6) is -6.22. The molecule has 1 aromatic rings. The van der Waals surface area contributed by atoms with Gasteiger partial charge in [0, 0.05) is 19.2 Å². The van der Waals surface area contributed by atoms with Crippen LogP contribution < -0.4 is 21.7 Å². The predicted octanol–water partition coefficient (Wildman–Crippen LogP) is -2.68. The van der Waals surface area contributed by atoms with Crippen molar-refractivity contribution in [2.24, 2.45) is 11.7 Å². The van der Waals surface area contributed by atoms with E-state index in [0.717, 1.165) is 0 Å². The van der Waals surface area contributed by atoms with E-state index in [1.54, 1.807) is 6.92 Å². The zero-order chi connectivity index (χ0) is 30.0. The summed E-state index contributed by atoms with van der Waals surface area (Å²) in [4.78, 5) is 82.9. The number of likely N-dealkylation sites (tertiary alicyclic amines) is 1. The average molecular weight is 568 g/mol. The first-order chi connectivity index (χ1) is 18.9. The van der Waals surface area contributed by atoms with Gasteiger partial charge in [0.15, 0.2) is 0 Å². The van der Waals surface area contributed by atoms with Crippen molar-refractivity contribution in [3.05, 3.63) is 18.2 Å². The summed E-state index contributed by atoms with van der Waals surface area (Å²) in [6, 6.07) is -6.48. The smallest absolute Gasteiger partial charge is 0.328 e. The average Bonchev–Trinajstić information content (AvgIpc) is 3.61. The number of imidazole rings is 1. The van der Waals surface area contributed by atoms with Crippen molar-refractivity contribution in [1.29, 1.82) is 0 Å². The Bertz CT molecular complexity index is 1070. The summed E-state index contributed by atoms with van der Waals surface area (Å²) >= 11 is 0. The van der Waals surface area contributed by atoms with Crippen LogP contribution in [0.25, 0.3) is 0 Å². The third kappa shape index (κ3) is 8.74. The van der Waals surface area contributed by atoms with Crippen LogP contribution >= 0.6 is 0 Å². The molecule has 0 unspecified atom stereocenters. The van der Waals surface area contributed by atoms with E-state index >= 15 is 0 Å². The van der Waals surface area contributed by atoms with Gasteiger partial charge in [-0.05, 0) is 18.8 Å². The van der Waals surface area contributed by atoms with Crippen LogP contribution in [0.15, 0.2) is 12.5 Å². The molecule has 16 heteroatoms. The number of carboxylic acids is 2. The van der Waals surface area contributed by atoms with Crippen molar-refractivity contribution in [3.8, 4) is 0 Å². The van der Waals surface area contributed by atoms with Gasteiger partial charge in [0.25, 0.3) is 0 Å². The number of amides is 4. The zero-order valence-electron chi connectivity index (χ0n) is 22.3. The molecular formula is C24H37N7O9. The van der Waals surface area contributed by atoms with Crippen molar-refractivity contribution >= 4 is 35.6 Å². The van der Waals surface area contributed by atoms with Crippen molar-refractivity contribution in [2.75, 3.05) is 13.2 Å². The number of rotatable bonds is 15. The molecule has 2 heterocycles. The summed E-state index contributed by atoms with van der Waals surface area (Å²) in [6.07, 6.45) is 3.13. The highest BCUT2D eigenvalue weighted by Gasteiger charge is 2.40. The van der Waals surface area contributed by atoms with Crippen LogP contribution in [0.1, 0.15) is 45.2 Å². The van der Waals surface area contributed by atoms with Crippen LogP contribution in [0, 0.1) is 5.92 Å². The van der Waals surface area contributed by atoms with Crippen LogP contribution in [-0.2, 0) is 35.2 Å². The van der Waals surface area contributed by atoms with E-state index in [-0.39, 0.29) is 25.3 Å². The lowest BCUT2D eigenvalue weighted by atomic mass is 9.99. The molecule has 6 atom stereocenters. The number of nitrogens with zero attached hydrogens (tertiary/aromatic N) is 2. The molecule has 1 fully saturated rings. The third-order valence-corrected chi connectivity index (χ3v) is 6.79. The molecule has 2 rings (SSSR count). The highest BCUT2D eigenvalue weighted by molar-refractivity contribution is 5.97. The lowest BCUT2D eigenvalue weighted by Gasteiger charge is -2.30. The van der Waals surface area contributed by atoms with Gasteiger partial charge in [-0.25, -0.2) is 9.78 Å². The summed E-state index contributed by atoms with van der Waals surface area (Å²) in [5, 5.41) is 34.7. The van der Waals surface area contributed by atoms with Crippen LogP contribution in [-0.4, -0.2) is 109 Å². The quantitative estimate of drug-likeness (QED) is 0.108. The standard InChI is InChI=1S/C24H37N7O9/c1-3-12(2)19(25)22(37)28-14(8-18(33)34)20(35)29-15(7-13-9-26-11-27-13)23(38)31-6-4-5-17(31)21(36)30-16(10-32)24(39)40/h9,11-12,14-17,19,32H,3-8,10,25H2,1-2H3,(H,26,27)(H,28,37)(H,29,35)(H,30,36)(H,33,34)(H,39,40)/t12-,14-,15-,16-,17-,19-/m0/s1. The number of aliphatic hydroxyl groups excluding tert-OH is 1. The number of aliphatic hydroxyl groups is 1. The minimum atomic E-state index is -1.56. The van der Waals surface area contributed by atoms with E-state index in [1.807, 2.05) is 6.92 Å². The van der Waals surface area contributed by atoms with Gasteiger partial charge in [0.2, 0.25) is 23.6 Å². The fraction of sp³-hybridized carbons (Fsp3) is 0.625. The molecule has 16 nitrogen and oxygen atoms in total. The topological polar surface area (TPSA) is 257 Å². The fourth-order valence-corrected chi connectivity index (χ4v) is 4.20. The van der Waals surface area contributed by atoms with E-state index in [2.05, 4.69) is 25.9 Å². The maximum Gasteiger partial charge on any atom is 0.328 e. The fourth-order valence-electron chi connectivity index (χ4n) is 4.20. The van der Waals surface area contributed by atoms with Gasteiger partial charge < -0.3 is 46.9 Å². The number of hydrogen-bond donors (Lipinski definition) is 8. The number of nitrogens with one attached hydrogen (secondary N) is 4. The largest absolute Gasteiger partial charge is 0.481 e. The lowest BCUT2D eigenvalue weighted by Crippen LogP contribution is -2.59. The number of H-pyrrole nitrogens is 1. The summed E-state index contributed by atoms with van der Waals surface area (Å²) in [7, 11) is 0. The summed E-state index contributed by atoms with van der Waals surface area (Å²) in [5.41, 5.74) is 6.30. The number of aliphatic carboxylic acids is 2. The van der Waals surface area contributed by atoms with Crippen molar-refractivity contribution < 1.29 is 44.1 Å². The second-order valence-corrected chi connectivity index (χ2v) is 9.67. The normalized spacial score (nSPS) is 18.6. The molecule has 40 heavy (non-hydrogen) atoms. The van der Waals surface area contributed by atoms with E-state index < -0.39 is 78.8 Å². The number of aromatic nitrogens is 2. The molecule has 222 valence electrons. The van der Waals surface area contributed by atoms with Crippen LogP contribution in [0.2, 0.25) is 0 Å². The van der Waals surface area contributed by atoms with Gasteiger partial charge >= 0.3 is 11.9 Å². The molecule has 0 aromatic carbocycles. The Morgan fingerprint density at radius 3 is 2.33 bits per heavy atom. The number of carboxylic acid groups (broad SMARTS) is 2. The molecule has 4 amide bonds. The molecule has 0 spiro atoms. The van der Waals surface area contributed by atoms with Gasteiger partial charge in [-0.2, -0.15) is 0 Å². The second-order valence-electron chi connectivity index (χ2n) is 9.67. The lowest BCUT2D eigenvalue weighted by molar-refractivity contribution is -0.145. The molecular weight excluding hydrogens is 530 g/mol. The van der Waals surface area contributed by atoms with E-state index in [0.29, 0.717) is 18.5 Å². The predicted molar refractivity (Wildman–Crippen MR) is 137 cm³/mol. The van der Waals surface area contributed by atoms with Gasteiger partial charge in [-0.1, -0.05) is 20.3 Å². The molecule has 0 aliphatic carbocycles. The van der Waals surface area contributed by atoms with Crippen LogP contribution in [0.3, 0.4) is 0 Å². The zero-order valence-corrected chi connectivity index (χ0v) is 22.3. The van der Waals surface area contributed by atoms with Gasteiger partial charge in [0.05, 0.1) is 31.1 Å². The highest BCUT2D eigenvalue weighted by atomic mass is 16.4. The van der Waals surface area contributed by atoms with E-state index in [4.69, 9.17) is 10.8 Å². The SMILES string of the molecule is CC[C@H](C)[C@H](N)C(=O)N[C@@H](CC(=O)O)C(=O)N[C@@H](Cc1c[nH]cn1)C(=O)N1CCC[C@H]1C(=O)N[C@@H](CO)C(=O)O. The summed E-state index contributed by atoms with van der Waals surface area (Å²) < 4.78 is 0. The minimum absolute atomic E-state index is 0.125. The molecule has 1 aromatic heterocycles. The number of hydrogen-bond acceptors (Lipinski definition) is 9. The minimum Gasteiger partial charge on any atom is -0.481 e. The number of carbonyl (C=O) groups is 6. The Kier molecular flexibility index (Phi) is 12.0. The van der Waals surface area contributed by atoms with Crippen LogP contribution in [0.4, 0.5) is 0 Å². The Labute approximate surface area is 230 Å². The Balaban J connectivity index is 2.26. The summed E-state index contributed by atoms with van der Waals surface area (Å²) in [6.45, 7) is 2.83. The molecule has 1 aliphatic rings. The molecule has 0 radical (unpaired) electrons. The van der Waals surface area contributed by atoms with E-state index in [1.165, 1.54) is 17.4 Å². The first kappa shape index (κ1) is 32.2. The third-order valence-electron chi connectivity index (χ3n) is 6.79. The van der Waals surface area contributed by atoms with Crippen molar-refractivity contribution in [2.45, 2.75) is 76.2 Å². The Morgan fingerprint density at radius 1 is 1.10 bits per heavy atom. The number of aromatic amines is 1. The monoisotopic (exact) mass is 567 g/mol. The van der Waals surface area contributed by atoms with Gasteiger partial charge in [-0.3, -0.25) is 24.0 Å². The van der Waals surface area contributed by atoms with Crippen LogP contribution in [0.5, 0.6) is 0 Å².